The topological polar surface area (TPSA) is 17.1 Å². The summed E-state index contributed by atoms with van der Waals surface area (Å²) in [7, 11) is 0. The molecule has 0 aromatic carbocycles. The highest BCUT2D eigenvalue weighted by Gasteiger charge is 2.62. The molecule has 0 saturated carbocycles. The lowest BCUT2D eigenvalue weighted by Crippen LogP contribution is -2.41. The van der Waals surface area contributed by atoms with Crippen molar-refractivity contribution >= 4 is 17.7 Å². The Bertz CT molecular complexity index is 149. The Morgan fingerprint density at radius 2 is 1.40 bits per heavy atom. The molecule has 0 aromatic heterocycles. The number of halogens is 5. The molecule has 0 fully saturated rings. The monoisotopic (exact) mass is 179 g/mol. The van der Waals surface area contributed by atoms with Gasteiger partial charge in [0.1, 0.15) is 0 Å². The van der Waals surface area contributed by atoms with Gasteiger partial charge in [0.25, 0.3) is 5.12 Å². The second-order valence-corrected chi connectivity index (χ2v) is 1.73. The number of alkyl halides is 5. The van der Waals surface area contributed by atoms with Gasteiger partial charge < -0.3 is 0 Å². The predicted octanol–water partition coefficient (Wildman–Crippen LogP) is 1.91. The van der Waals surface area contributed by atoms with Gasteiger partial charge in [0, 0.05) is 0 Å². The van der Waals surface area contributed by atoms with E-state index in [1.165, 1.54) is 0 Å². The first kappa shape index (κ1) is 9.54. The van der Waals surface area contributed by atoms with Crippen molar-refractivity contribution in [3.05, 3.63) is 0 Å². The van der Waals surface area contributed by atoms with E-state index in [4.69, 9.17) is 0 Å². The summed E-state index contributed by atoms with van der Waals surface area (Å²) in [4.78, 5) is 9.46. The van der Waals surface area contributed by atoms with E-state index < -0.39 is 17.2 Å². The number of carbonyl (C=O) groups is 1. The van der Waals surface area contributed by atoms with Crippen molar-refractivity contribution in [2.45, 2.75) is 12.1 Å². The average Bonchev–Trinajstić information content (AvgIpc) is 1.62. The summed E-state index contributed by atoms with van der Waals surface area (Å²) in [5.74, 6) is -5.39. The quantitative estimate of drug-likeness (QED) is 0.562. The van der Waals surface area contributed by atoms with Crippen LogP contribution in [0.15, 0.2) is 0 Å². The molecule has 0 unspecified atom stereocenters. The molecule has 0 bridgehead atoms. The van der Waals surface area contributed by atoms with Crippen molar-refractivity contribution in [2.24, 2.45) is 0 Å². The van der Waals surface area contributed by atoms with Gasteiger partial charge in [-0.25, -0.2) is 0 Å². The fourth-order valence-corrected chi connectivity index (χ4v) is 0.231. The maximum absolute atomic E-state index is 11.5. The van der Waals surface area contributed by atoms with Gasteiger partial charge in [-0.05, 0) is 12.6 Å². The first-order valence-corrected chi connectivity index (χ1v) is 2.26. The van der Waals surface area contributed by atoms with E-state index in [1.54, 1.807) is 0 Å². The standard InChI is InChI=1S/C3F5OS/c4-2(5,1(9)10)3(6,7)8. The van der Waals surface area contributed by atoms with Crippen LogP contribution in [0.3, 0.4) is 0 Å². The van der Waals surface area contributed by atoms with Gasteiger partial charge in [-0.1, -0.05) is 0 Å². The molecule has 0 spiro atoms. The molecule has 0 amide bonds. The number of carbonyl (C=O) groups excluding carboxylic acids is 1. The van der Waals surface area contributed by atoms with Crippen LogP contribution in [0.5, 0.6) is 0 Å². The SMILES string of the molecule is O=C([S])C(F)(F)C(F)(F)F. The molecule has 0 saturated heterocycles. The van der Waals surface area contributed by atoms with Crippen molar-refractivity contribution in [3.8, 4) is 0 Å². The van der Waals surface area contributed by atoms with Crippen molar-refractivity contribution in [1.82, 2.24) is 0 Å². The lowest BCUT2D eigenvalue weighted by Gasteiger charge is -2.13. The molecular formula is C3F5OS. The summed E-state index contributed by atoms with van der Waals surface area (Å²) in [6.07, 6.45) is -5.87. The smallest absolute Gasteiger partial charge is 0.275 e. The van der Waals surface area contributed by atoms with Gasteiger partial charge >= 0.3 is 12.1 Å². The highest BCUT2D eigenvalue weighted by atomic mass is 32.1. The third-order valence-electron chi connectivity index (χ3n) is 0.612. The molecule has 0 atom stereocenters. The Morgan fingerprint density at radius 1 is 1.10 bits per heavy atom. The van der Waals surface area contributed by atoms with Gasteiger partial charge in [-0.3, -0.25) is 4.79 Å². The summed E-state index contributed by atoms with van der Waals surface area (Å²) >= 11 is 3.15. The molecule has 7 heteroatoms. The zero-order valence-electron chi connectivity index (χ0n) is 4.21. The third kappa shape index (κ3) is 1.53. The van der Waals surface area contributed by atoms with Crippen molar-refractivity contribution < 1.29 is 26.7 Å². The van der Waals surface area contributed by atoms with E-state index in [-0.39, 0.29) is 0 Å². The van der Waals surface area contributed by atoms with Gasteiger partial charge in [-0.2, -0.15) is 22.0 Å². The third-order valence-corrected chi connectivity index (χ3v) is 0.869. The van der Waals surface area contributed by atoms with Crippen LogP contribution >= 0.6 is 12.6 Å². The van der Waals surface area contributed by atoms with Crippen molar-refractivity contribution in [2.75, 3.05) is 0 Å². The number of hydrogen-bond acceptors (Lipinski definition) is 1. The highest BCUT2D eigenvalue weighted by Crippen LogP contribution is 2.36. The van der Waals surface area contributed by atoms with E-state index >= 15 is 0 Å². The summed E-state index contributed by atoms with van der Waals surface area (Å²) in [5, 5.41) is -2.61. The molecule has 0 aromatic rings. The van der Waals surface area contributed by atoms with E-state index in [0.29, 0.717) is 0 Å². The van der Waals surface area contributed by atoms with E-state index in [9.17, 15) is 26.7 Å². The second-order valence-electron chi connectivity index (χ2n) is 1.36. The van der Waals surface area contributed by atoms with Crippen LogP contribution < -0.4 is 0 Å². The molecule has 10 heavy (non-hydrogen) atoms. The fourth-order valence-electron chi connectivity index (χ4n) is 0.116. The van der Waals surface area contributed by atoms with Crippen LogP contribution in [0, 0.1) is 0 Å². The zero-order valence-corrected chi connectivity index (χ0v) is 5.02. The number of rotatable bonds is 1. The normalized spacial score (nSPS) is 13.3. The van der Waals surface area contributed by atoms with E-state index in [2.05, 4.69) is 12.6 Å². The lowest BCUT2D eigenvalue weighted by molar-refractivity contribution is -0.264. The highest BCUT2D eigenvalue weighted by molar-refractivity contribution is 7.96. The first-order chi connectivity index (χ1) is 4.19. The fraction of sp³-hybridized carbons (Fsp3) is 0.667. The van der Waals surface area contributed by atoms with Gasteiger partial charge in [0.05, 0.1) is 0 Å². The predicted molar refractivity (Wildman–Crippen MR) is 23.6 cm³/mol. The average molecular weight is 179 g/mol. The molecule has 59 valence electrons. The minimum Gasteiger partial charge on any atom is -0.275 e. The van der Waals surface area contributed by atoms with Gasteiger partial charge in [0.15, 0.2) is 0 Å². The Morgan fingerprint density at radius 3 is 1.40 bits per heavy atom. The van der Waals surface area contributed by atoms with Gasteiger partial charge in [-0.15, -0.1) is 0 Å². The molecule has 1 nitrogen and oxygen atoms in total. The Kier molecular flexibility index (Phi) is 2.19. The Hall–Kier alpha value is -0.460. The maximum Gasteiger partial charge on any atom is 0.462 e. The molecule has 0 rings (SSSR count). The molecule has 0 aliphatic rings. The summed E-state index contributed by atoms with van der Waals surface area (Å²) in [6.45, 7) is 0. The van der Waals surface area contributed by atoms with Crippen LogP contribution in [0.4, 0.5) is 22.0 Å². The second kappa shape index (κ2) is 2.30. The summed E-state index contributed by atoms with van der Waals surface area (Å²) < 4.78 is 56.1. The van der Waals surface area contributed by atoms with Crippen molar-refractivity contribution in [1.29, 1.82) is 0 Å². The Balaban J connectivity index is 4.57. The van der Waals surface area contributed by atoms with Gasteiger partial charge in [0.2, 0.25) is 0 Å². The largest absolute Gasteiger partial charge is 0.462 e. The first-order valence-electron chi connectivity index (χ1n) is 1.85. The molecule has 1 radical (unpaired) electrons. The van der Waals surface area contributed by atoms with Crippen LogP contribution in [0.25, 0.3) is 0 Å². The summed E-state index contributed by atoms with van der Waals surface area (Å²) in [5.41, 5.74) is 0. The molecule has 0 aliphatic heterocycles. The molecule has 0 heterocycles. The lowest BCUT2D eigenvalue weighted by atomic mass is 10.4. The Labute approximate surface area is 57.6 Å². The minimum absolute atomic E-state index is 2.61. The van der Waals surface area contributed by atoms with Crippen LogP contribution in [-0.4, -0.2) is 17.2 Å². The van der Waals surface area contributed by atoms with Crippen LogP contribution in [0.2, 0.25) is 0 Å². The molecular weight excluding hydrogens is 179 g/mol. The van der Waals surface area contributed by atoms with Crippen LogP contribution in [0.1, 0.15) is 0 Å². The molecule has 0 aliphatic carbocycles. The van der Waals surface area contributed by atoms with E-state index in [0.717, 1.165) is 0 Å². The molecule has 0 N–H and O–H groups in total. The van der Waals surface area contributed by atoms with Crippen molar-refractivity contribution in [3.63, 3.8) is 0 Å². The van der Waals surface area contributed by atoms with E-state index in [1.807, 2.05) is 0 Å². The van der Waals surface area contributed by atoms with Crippen LogP contribution in [-0.2, 0) is 4.79 Å². The zero-order chi connectivity index (χ0) is 8.58. The number of hydrogen-bond donors (Lipinski definition) is 0. The summed E-state index contributed by atoms with van der Waals surface area (Å²) in [6, 6.07) is 0. The minimum atomic E-state index is -5.87. The maximum atomic E-state index is 11.5.